The van der Waals surface area contributed by atoms with Gasteiger partial charge in [-0.1, -0.05) is 36.4 Å². The van der Waals surface area contributed by atoms with Gasteiger partial charge in [-0.25, -0.2) is 14.2 Å². The summed E-state index contributed by atoms with van der Waals surface area (Å²) in [7, 11) is 1.61. The molecule has 7 nitrogen and oxygen atoms in total. The van der Waals surface area contributed by atoms with Crippen molar-refractivity contribution in [3.8, 4) is 39.4 Å². The number of aromatic nitrogens is 1. The van der Waals surface area contributed by atoms with Crippen LogP contribution in [-0.2, 0) is 29.0 Å². The number of thiophene rings is 1. The molecule has 0 radical (unpaired) electrons. The maximum Gasteiger partial charge on any atom is 0.410 e. The Morgan fingerprint density at radius 3 is 2.67 bits per heavy atom. The second-order valence-corrected chi connectivity index (χ2v) is 14.0. The zero-order valence-electron chi connectivity index (χ0n) is 28.5. The summed E-state index contributed by atoms with van der Waals surface area (Å²) in [5.41, 5.74) is 8.11. The highest BCUT2D eigenvalue weighted by molar-refractivity contribution is 7.18. The van der Waals surface area contributed by atoms with Gasteiger partial charge in [0.05, 0.1) is 18.0 Å². The van der Waals surface area contributed by atoms with Gasteiger partial charge in [-0.15, -0.1) is 17.9 Å². The Kier molecular flexibility index (Phi) is 10.4. The largest absolute Gasteiger partial charge is 0.490 e. The average molecular weight is 680 g/mol. The van der Waals surface area contributed by atoms with Gasteiger partial charge in [0, 0.05) is 71.7 Å². The monoisotopic (exact) mass is 679 g/mol. The van der Waals surface area contributed by atoms with E-state index in [1.807, 2.05) is 32.9 Å². The van der Waals surface area contributed by atoms with Crippen LogP contribution in [0.3, 0.4) is 0 Å². The Labute approximate surface area is 291 Å². The summed E-state index contributed by atoms with van der Waals surface area (Å²) in [6.07, 6.45) is 2.27. The summed E-state index contributed by atoms with van der Waals surface area (Å²) < 4.78 is 32.6. The summed E-state index contributed by atoms with van der Waals surface area (Å²) in [4.78, 5) is 20.0. The molecule has 6 rings (SSSR count). The Morgan fingerprint density at radius 2 is 1.88 bits per heavy atom. The summed E-state index contributed by atoms with van der Waals surface area (Å²) in [6, 6.07) is 21.5. The van der Waals surface area contributed by atoms with Crippen LogP contribution in [0.5, 0.6) is 5.75 Å². The fourth-order valence-electron chi connectivity index (χ4n) is 6.09. The minimum Gasteiger partial charge on any atom is -0.490 e. The number of benzene rings is 3. The van der Waals surface area contributed by atoms with E-state index in [4.69, 9.17) is 19.2 Å². The third-order valence-electron chi connectivity index (χ3n) is 8.33. The van der Waals surface area contributed by atoms with Crippen molar-refractivity contribution in [3.05, 3.63) is 107 Å². The van der Waals surface area contributed by atoms with Gasteiger partial charge in [-0.05, 0) is 79.6 Å². The molecule has 0 unspecified atom stereocenters. The molecule has 0 spiro atoms. The second-order valence-electron chi connectivity index (χ2n) is 13.1. The van der Waals surface area contributed by atoms with Gasteiger partial charge in [0.15, 0.2) is 0 Å². The fourth-order valence-corrected chi connectivity index (χ4v) is 7.05. The maximum atomic E-state index is 14.6. The molecule has 254 valence electrons. The van der Waals surface area contributed by atoms with Crippen LogP contribution in [-0.4, -0.2) is 55.0 Å². The normalized spacial score (nSPS) is 13.0. The standard InChI is InChI=1S/C40H42FN3O4S/c1-6-16-42-24-26-8-7-9-28(21-26)37-35(32-13-12-31(41)23-34(32)47-19-18-46-5)38-33(15-20-49-38)36(43-37)29-10-11-30-25-44(17-14-27(30)22-29)39(45)48-40(2,3)4/h6-13,15,20-23,42H,1,14,16-19,24-25H2,2-5H3. The van der Waals surface area contributed by atoms with Gasteiger partial charge in [-0.3, -0.25) is 0 Å². The van der Waals surface area contributed by atoms with Crippen LogP contribution < -0.4 is 10.1 Å². The first kappa shape index (κ1) is 34.3. The highest BCUT2D eigenvalue weighted by atomic mass is 32.1. The van der Waals surface area contributed by atoms with Crippen LogP contribution in [0.25, 0.3) is 43.7 Å². The van der Waals surface area contributed by atoms with Crippen molar-refractivity contribution in [1.82, 2.24) is 15.2 Å². The number of halogens is 1. The van der Waals surface area contributed by atoms with E-state index < -0.39 is 5.60 Å². The van der Waals surface area contributed by atoms with Gasteiger partial charge >= 0.3 is 6.09 Å². The zero-order valence-corrected chi connectivity index (χ0v) is 29.3. The molecule has 1 aliphatic heterocycles. The molecule has 0 saturated heterocycles. The SMILES string of the molecule is C=CCNCc1cccc(-c2nc(-c3ccc4c(c3)CCN(C(=O)OC(C)(C)C)C4)c3ccsc3c2-c2ccc(F)cc2OCCOC)c1. The van der Waals surface area contributed by atoms with E-state index in [-0.39, 0.29) is 18.5 Å². The Morgan fingerprint density at radius 1 is 1.04 bits per heavy atom. The molecule has 1 N–H and O–H groups in total. The minimum absolute atomic E-state index is 0.284. The van der Waals surface area contributed by atoms with E-state index in [9.17, 15) is 9.18 Å². The van der Waals surface area contributed by atoms with Gasteiger partial charge in [-0.2, -0.15) is 0 Å². The quantitative estimate of drug-likeness (QED) is 0.111. The number of carbonyl (C=O) groups is 1. The van der Waals surface area contributed by atoms with Crippen molar-refractivity contribution in [2.24, 2.45) is 0 Å². The van der Waals surface area contributed by atoms with Crippen molar-refractivity contribution < 1.29 is 23.4 Å². The Bertz CT molecular complexity index is 1980. The average Bonchev–Trinajstić information content (AvgIpc) is 3.57. The van der Waals surface area contributed by atoms with Crippen LogP contribution in [0, 0.1) is 5.82 Å². The first-order valence-electron chi connectivity index (χ1n) is 16.5. The summed E-state index contributed by atoms with van der Waals surface area (Å²) in [6.45, 7) is 12.6. The van der Waals surface area contributed by atoms with Gasteiger partial charge in [0.25, 0.3) is 0 Å². The molecule has 0 aliphatic carbocycles. The fraction of sp³-hybridized carbons (Fsp3) is 0.300. The first-order chi connectivity index (χ1) is 23.6. The number of hydrogen-bond acceptors (Lipinski definition) is 7. The lowest BCUT2D eigenvalue weighted by atomic mass is 9.92. The number of nitrogens with one attached hydrogen (secondary N) is 1. The first-order valence-corrected chi connectivity index (χ1v) is 17.4. The second kappa shape index (κ2) is 14.9. The molecular formula is C40H42FN3O4S. The van der Waals surface area contributed by atoms with Gasteiger partial charge in [0.2, 0.25) is 0 Å². The molecular weight excluding hydrogens is 638 g/mol. The Hall–Kier alpha value is -4.57. The molecule has 1 aliphatic rings. The maximum absolute atomic E-state index is 14.6. The minimum atomic E-state index is -0.547. The molecule has 0 saturated carbocycles. The molecule has 5 aromatic rings. The topological polar surface area (TPSA) is 72.9 Å². The number of hydrogen-bond donors (Lipinski definition) is 1. The van der Waals surface area contributed by atoms with Crippen molar-refractivity contribution in [2.75, 3.05) is 33.4 Å². The van der Waals surface area contributed by atoms with Crippen LogP contribution >= 0.6 is 11.3 Å². The van der Waals surface area contributed by atoms with Crippen LogP contribution in [0.15, 0.2) is 84.8 Å². The van der Waals surface area contributed by atoms with Crippen LogP contribution in [0.4, 0.5) is 9.18 Å². The molecule has 2 aromatic heterocycles. The molecule has 0 fully saturated rings. The van der Waals surface area contributed by atoms with E-state index in [0.29, 0.717) is 38.5 Å². The lowest BCUT2D eigenvalue weighted by Crippen LogP contribution is -2.39. The lowest BCUT2D eigenvalue weighted by Gasteiger charge is -2.31. The molecule has 1 amide bonds. The third-order valence-corrected chi connectivity index (χ3v) is 9.26. The molecule has 0 atom stereocenters. The smallest absolute Gasteiger partial charge is 0.410 e. The number of methoxy groups -OCH3 is 1. The van der Waals surface area contributed by atoms with E-state index in [2.05, 4.69) is 59.7 Å². The predicted molar refractivity (Wildman–Crippen MR) is 196 cm³/mol. The van der Waals surface area contributed by atoms with Crippen LogP contribution in [0.2, 0.25) is 0 Å². The lowest BCUT2D eigenvalue weighted by molar-refractivity contribution is 0.0224. The number of pyridine rings is 1. The van der Waals surface area contributed by atoms with Gasteiger partial charge < -0.3 is 24.4 Å². The third kappa shape index (κ3) is 7.85. The van der Waals surface area contributed by atoms with E-state index in [1.165, 1.54) is 17.7 Å². The molecule has 3 heterocycles. The van der Waals surface area contributed by atoms with E-state index in [1.54, 1.807) is 29.4 Å². The van der Waals surface area contributed by atoms with Crippen molar-refractivity contribution in [1.29, 1.82) is 0 Å². The molecule has 9 heteroatoms. The number of nitrogens with zero attached hydrogens (tertiary/aromatic N) is 2. The van der Waals surface area contributed by atoms with E-state index >= 15 is 0 Å². The Balaban J connectivity index is 1.48. The number of rotatable bonds is 11. The predicted octanol–water partition coefficient (Wildman–Crippen LogP) is 9.03. The summed E-state index contributed by atoms with van der Waals surface area (Å²) in [5.74, 6) is 0.0639. The van der Waals surface area contributed by atoms with Crippen molar-refractivity contribution >= 4 is 27.5 Å². The summed E-state index contributed by atoms with van der Waals surface area (Å²) in [5, 5.41) is 6.47. The number of carbonyl (C=O) groups excluding carboxylic acids is 1. The molecule has 3 aromatic carbocycles. The van der Waals surface area contributed by atoms with Crippen molar-refractivity contribution in [2.45, 2.75) is 45.9 Å². The van der Waals surface area contributed by atoms with Crippen LogP contribution in [0.1, 0.15) is 37.5 Å². The highest BCUT2D eigenvalue weighted by Crippen LogP contribution is 2.46. The number of fused-ring (bicyclic) bond motifs is 2. The zero-order chi connectivity index (χ0) is 34.5. The summed E-state index contributed by atoms with van der Waals surface area (Å²) >= 11 is 1.63. The van der Waals surface area contributed by atoms with Gasteiger partial charge in [0.1, 0.15) is 23.8 Å². The number of amides is 1. The van der Waals surface area contributed by atoms with E-state index in [0.717, 1.165) is 61.3 Å². The molecule has 49 heavy (non-hydrogen) atoms. The van der Waals surface area contributed by atoms with Crippen molar-refractivity contribution in [3.63, 3.8) is 0 Å². The number of ether oxygens (including phenoxy) is 3. The highest BCUT2D eigenvalue weighted by Gasteiger charge is 2.27. The molecule has 0 bridgehead atoms.